The van der Waals surface area contributed by atoms with Crippen molar-refractivity contribution in [2.24, 2.45) is 0 Å². The van der Waals surface area contributed by atoms with Gasteiger partial charge in [-0.2, -0.15) is 4.31 Å². The van der Waals surface area contributed by atoms with Gasteiger partial charge in [0.15, 0.2) is 0 Å². The highest BCUT2D eigenvalue weighted by molar-refractivity contribution is 7.89. The van der Waals surface area contributed by atoms with Gasteiger partial charge in [0.2, 0.25) is 15.9 Å². The summed E-state index contributed by atoms with van der Waals surface area (Å²) in [5.74, 6) is -1.25. The minimum atomic E-state index is -4.11. The van der Waals surface area contributed by atoms with Crippen LogP contribution in [0.4, 0.5) is 14.5 Å². The van der Waals surface area contributed by atoms with Crippen LogP contribution in [0.5, 0.6) is 0 Å². The molecular weight excluding hydrogens is 496 g/mol. The normalized spacial score (nSPS) is 14.4. The van der Waals surface area contributed by atoms with E-state index in [9.17, 15) is 22.0 Å². The van der Waals surface area contributed by atoms with Gasteiger partial charge in [-0.3, -0.25) is 4.79 Å². The Hall–Kier alpha value is -3.01. The summed E-state index contributed by atoms with van der Waals surface area (Å²) in [6, 6.07) is 17.6. The number of benzene rings is 3. The Bertz CT molecular complexity index is 1280. The number of anilines is 1. The van der Waals surface area contributed by atoms with Crippen molar-refractivity contribution < 1.29 is 22.0 Å². The fourth-order valence-corrected chi connectivity index (χ4v) is 5.41. The molecule has 0 radical (unpaired) electrons. The van der Waals surface area contributed by atoms with Crippen molar-refractivity contribution in [2.45, 2.75) is 11.4 Å². The van der Waals surface area contributed by atoms with Crippen LogP contribution in [0.15, 0.2) is 77.7 Å². The Labute approximate surface area is 208 Å². The summed E-state index contributed by atoms with van der Waals surface area (Å²) in [5, 5.41) is 0.375. The fourth-order valence-electron chi connectivity index (χ4n) is 3.91. The van der Waals surface area contributed by atoms with Crippen molar-refractivity contribution in [2.75, 3.05) is 37.6 Å². The predicted molar refractivity (Wildman–Crippen MR) is 131 cm³/mol. The molecule has 0 aromatic heterocycles. The van der Waals surface area contributed by atoms with Crippen molar-refractivity contribution in [3.8, 4) is 0 Å². The van der Waals surface area contributed by atoms with Crippen LogP contribution < -0.4 is 4.90 Å². The van der Waals surface area contributed by atoms with Gasteiger partial charge in [0.25, 0.3) is 0 Å². The minimum Gasteiger partial charge on any atom is -0.368 e. The van der Waals surface area contributed by atoms with Crippen LogP contribution in [0.2, 0.25) is 5.02 Å². The molecule has 35 heavy (non-hydrogen) atoms. The SMILES string of the molecule is O=C(CN(Cc1ccccc1F)S(=O)(=O)c1ccc(Cl)cc1)N1CCN(c2ccc(F)cc2)CC1. The van der Waals surface area contributed by atoms with Gasteiger partial charge in [-0.05, 0) is 54.6 Å². The smallest absolute Gasteiger partial charge is 0.243 e. The molecule has 1 saturated heterocycles. The minimum absolute atomic E-state index is 0.0350. The largest absolute Gasteiger partial charge is 0.368 e. The molecule has 6 nitrogen and oxygen atoms in total. The first kappa shape index (κ1) is 25.1. The standard InChI is InChI=1S/C25H24ClF2N3O3S/c26-20-5-11-23(12-6-20)35(33,34)31(17-19-3-1-2-4-24(19)28)18-25(32)30-15-13-29(14-16-30)22-9-7-21(27)8-10-22/h1-12H,13-18H2. The Morgan fingerprint density at radius 1 is 0.886 bits per heavy atom. The summed E-state index contributed by atoms with van der Waals surface area (Å²) >= 11 is 5.90. The van der Waals surface area contributed by atoms with Gasteiger partial charge < -0.3 is 9.80 Å². The van der Waals surface area contributed by atoms with E-state index in [0.717, 1.165) is 9.99 Å². The van der Waals surface area contributed by atoms with Gasteiger partial charge in [-0.15, -0.1) is 0 Å². The Morgan fingerprint density at radius 3 is 2.14 bits per heavy atom. The fraction of sp³-hybridized carbons (Fsp3) is 0.240. The summed E-state index contributed by atoms with van der Waals surface area (Å²) in [5.41, 5.74) is 1.02. The zero-order valence-electron chi connectivity index (χ0n) is 18.8. The maximum Gasteiger partial charge on any atom is 0.243 e. The first-order chi connectivity index (χ1) is 16.7. The average molecular weight is 520 g/mol. The molecule has 4 rings (SSSR count). The third-order valence-corrected chi connectivity index (χ3v) is 7.95. The van der Waals surface area contributed by atoms with Crippen LogP contribution in [0.25, 0.3) is 0 Å². The first-order valence-corrected chi connectivity index (χ1v) is 12.8. The molecule has 10 heteroatoms. The molecule has 1 fully saturated rings. The number of nitrogens with zero attached hydrogens (tertiary/aromatic N) is 3. The highest BCUT2D eigenvalue weighted by atomic mass is 35.5. The van der Waals surface area contributed by atoms with E-state index in [2.05, 4.69) is 0 Å². The van der Waals surface area contributed by atoms with Gasteiger partial charge in [-0.25, -0.2) is 17.2 Å². The molecule has 1 heterocycles. The highest BCUT2D eigenvalue weighted by Gasteiger charge is 2.30. The van der Waals surface area contributed by atoms with Gasteiger partial charge in [0.1, 0.15) is 11.6 Å². The van der Waals surface area contributed by atoms with E-state index in [4.69, 9.17) is 11.6 Å². The lowest BCUT2D eigenvalue weighted by molar-refractivity contribution is -0.131. The number of piperazine rings is 1. The second-order valence-electron chi connectivity index (χ2n) is 8.16. The number of halogens is 3. The van der Waals surface area contributed by atoms with Gasteiger partial charge in [0, 0.05) is 49.0 Å². The van der Waals surface area contributed by atoms with Crippen molar-refractivity contribution >= 4 is 33.2 Å². The number of carbonyl (C=O) groups is 1. The molecule has 1 aliphatic rings. The summed E-state index contributed by atoms with van der Waals surface area (Å²) < 4.78 is 55.3. The van der Waals surface area contributed by atoms with Crippen molar-refractivity contribution in [1.29, 1.82) is 0 Å². The molecule has 1 amide bonds. The van der Waals surface area contributed by atoms with Crippen LogP contribution in [0.3, 0.4) is 0 Å². The molecule has 0 bridgehead atoms. The van der Waals surface area contributed by atoms with E-state index in [0.29, 0.717) is 31.2 Å². The van der Waals surface area contributed by atoms with Gasteiger partial charge >= 0.3 is 0 Å². The van der Waals surface area contributed by atoms with Crippen LogP contribution >= 0.6 is 11.6 Å². The molecule has 0 saturated carbocycles. The second kappa shape index (κ2) is 10.7. The average Bonchev–Trinajstić information content (AvgIpc) is 2.85. The molecule has 0 atom stereocenters. The Balaban J connectivity index is 1.50. The van der Waals surface area contributed by atoms with E-state index in [1.54, 1.807) is 23.1 Å². The number of hydrogen-bond acceptors (Lipinski definition) is 4. The maximum absolute atomic E-state index is 14.4. The van der Waals surface area contributed by atoms with Crippen molar-refractivity contribution in [1.82, 2.24) is 9.21 Å². The molecule has 3 aromatic carbocycles. The van der Waals surface area contributed by atoms with Crippen LogP contribution in [0, 0.1) is 11.6 Å². The highest BCUT2D eigenvalue weighted by Crippen LogP contribution is 2.22. The summed E-state index contributed by atoms with van der Waals surface area (Å²) in [4.78, 5) is 16.7. The quantitative estimate of drug-likeness (QED) is 0.470. The second-order valence-corrected chi connectivity index (χ2v) is 10.5. The van der Waals surface area contributed by atoms with Crippen molar-refractivity contribution in [3.05, 3.63) is 95.0 Å². The third-order valence-electron chi connectivity index (χ3n) is 5.89. The van der Waals surface area contributed by atoms with Crippen LogP contribution in [0.1, 0.15) is 5.56 Å². The number of amides is 1. The molecule has 0 unspecified atom stereocenters. The van der Waals surface area contributed by atoms with E-state index >= 15 is 0 Å². The topological polar surface area (TPSA) is 60.9 Å². The molecule has 0 aliphatic carbocycles. The number of hydrogen-bond donors (Lipinski definition) is 0. The molecule has 1 aliphatic heterocycles. The molecule has 0 spiro atoms. The Morgan fingerprint density at radius 2 is 1.51 bits per heavy atom. The van der Waals surface area contributed by atoms with E-state index < -0.39 is 22.4 Å². The zero-order valence-corrected chi connectivity index (χ0v) is 20.4. The zero-order chi connectivity index (χ0) is 25.0. The van der Waals surface area contributed by atoms with Crippen LogP contribution in [-0.2, 0) is 21.4 Å². The van der Waals surface area contributed by atoms with E-state index in [1.807, 2.05) is 4.90 Å². The Kier molecular flexibility index (Phi) is 7.69. The monoisotopic (exact) mass is 519 g/mol. The molecule has 0 N–H and O–H groups in total. The predicted octanol–water partition coefficient (Wildman–Crippen LogP) is 4.16. The number of sulfonamides is 1. The first-order valence-electron chi connectivity index (χ1n) is 11.0. The number of rotatable bonds is 7. The summed E-state index contributed by atoms with van der Waals surface area (Å²) in [6.45, 7) is 1.08. The van der Waals surface area contributed by atoms with E-state index in [1.165, 1.54) is 54.6 Å². The van der Waals surface area contributed by atoms with Crippen LogP contribution in [-0.4, -0.2) is 56.3 Å². The lowest BCUT2D eigenvalue weighted by atomic mass is 10.2. The van der Waals surface area contributed by atoms with Gasteiger partial charge in [0.05, 0.1) is 11.4 Å². The third kappa shape index (κ3) is 5.98. The van der Waals surface area contributed by atoms with E-state index in [-0.39, 0.29) is 28.7 Å². The number of carbonyl (C=O) groups excluding carboxylic acids is 1. The molecule has 3 aromatic rings. The maximum atomic E-state index is 14.4. The van der Waals surface area contributed by atoms with Crippen molar-refractivity contribution in [3.63, 3.8) is 0 Å². The lowest BCUT2D eigenvalue weighted by Crippen LogP contribution is -2.51. The summed E-state index contributed by atoms with van der Waals surface area (Å²) in [6.07, 6.45) is 0. The van der Waals surface area contributed by atoms with Gasteiger partial charge in [-0.1, -0.05) is 29.8 Å². The lowest BCUT2D eigenvalue weighted by Gasteiger charge is -2.37. The molecule has 184 valence electrons. The summed E-state index contributed by atoms with van der Waals surface area (Å²) in [7, 11) is -4.11. The molecular formula is C25H24ClF2N3O3S.